The molecule has 1 atom stereocenters. The van der Waals surface area contributed by atoms with Crippen LogP contribution >= 0.6 is 0 Å². The van der Waals surface area contributed by atoms with Gasteiger partial charge in [0.05, 0.1) is 0 Å². The van der Waals surface area contributed by atoms with Gasteiger partial charge in [-0.25, -0.2) is 0 Å². The Hall–Kier alpha value is -0.790. The maximum Gasteiger partial charge on any atom is 0.249 e. The lowest BCUT2D eigenvalue weighted by molar-refractivity contribution is -0.127. The number of fused-ring (bicyclic) bond motifs is 1. The molecule has 2 aliphatic rings. The first-order valence-electron chi connectivity index (χ1n) is 4.28. The summed E-state index contributed by atoms with van der Waals surface area (Å²) in [6, 6.07) is 0.503. The minimum absolute atomic E-state index is 0.203. The van der Waals surface area contributed by atoms with E-state index in [1.165, 1.54) is 19.3 Å². The fourth-order valence-corrected chi connectivity index (χ4v) is 2.05. The maximum absolute atomic E-state index is 11.4. The molecule has 2 saturated heterocycles. The van der Waals surface area contributed by atoms with E-state index >= 15 is 0 Å². The van der Waals surface area contributed by atoms with Crippen molar-refractivity contribution >= 4 is 5.91 Å². The third-order valence-electron chi connectivity index (χ3n) is 2.67. The molecule has 0 aromatic rings. The van der Waals surface area contributed by atoms with Gasteiger partial charge in [0.25, 0.3) is 0 Å². The summed E-state index contributed by atoms with van der Waals surface area (Å²) >= 11 is 0. The van der Waals surface area contributed by atoms with E-state index in [1.807, 2.05) is 4.90 Å². The number of piperidine rings is 1. The van der Waals surface area contributed by atoms with Gasteiger partial charge in [-0.1, -0.05) is 6.58 Å². The van der Waals surface area contributed by atoms with Crippen LogP contribution in [0.15, 0.2) is 12.2 Å². The van der Waals surface area contributed by atoms with E-state index in [4.69, 9.17) is 0 Å². The smallest absolute Gasteiger partial charge is 0.249 e. The van der Waals surface area contributed by atoms with Crippen LogP contribution in [-0.4, -0.2) is 23.4 Å². The van der Waals surface area contributed by atoms with Gasteiger partial charge in [-0.05, 0) is 25.7 Å². The first-order valence-corrected chi connectivity index (χ1v) is 4.28. The Morgan fingerprint density at radius 3 is 3.00 bits per heavy atom. The predicted octanol–water partition coefficient (Wildman–Crippen LogP) is 1.33. The third-order valence-corrected chi connectivity index (χ3v) is 2.67. The standard InChI is InChI=1S/C9H13NO/c1-7-6-8-4-2-3-5-10(8)9(7)11/h8H,1-6H2/t8-/m1/s1. The molecule has 0 aromatic heterocycles. The summed E-state index contributed by atoms with van der Waals surface area (Å²) in [5.74, 6) is 0.203. The number of rotatable bonds is 0. The number of carbonyl (C=O) groups excluding carboxylic acids is 1. The lowest BCUT2D eigenvalue weighted by Gasteiger charge is -2.28. The fraction of sp³-hybridized carbons (Fsp3) is 0.667. The lowest BCUT2D eigenvalue weighted by atomic mass is 10.0. The fourth-order valence-electron chi connectivity index (χ4n) is 2.05. The zero-order valence-electron chi connectivity index (χ0n) is 6.68. The molecule has 2 nitrogen and oxygen atoms in total. The molecule has 0 aliphatic carbocycles. The zero-order valence-corrected chi connectivity index (χ0v) is 6.68. The molecule has 2 heterocycles. The highest BCUT2D eigenvalue weighted by atomic mass is 16.2. The van der Waals surface area contributed by atoms with E-state index in [1.54, 1.807) is 0 Å². The Kier molecular flexibility index (Phi) is 1.48. The minimum Gasteiger partial charge on any atom is -0.336 e. The molecule has 0 aromatic carbocycles. The van der Waals surface area contributed by atoms with Gasteiger partial charge in [0, 0.05) is 18.2 Å². The van der Waals surface area contributed by atoms with Gasteiger partial charge < -0.3 is 4.90 Å². The average molecular weight is 151 g/mol. The van der Waals surface area contributed by atoms with Crippen molar-refractivity contribution in [2.24, 2.45) is 0 Å². The SMILES string of the molecule is C=C1C[C@H]2CCCCN2C1=O. The van der Waals surface area contributed by atoms with Gasteiger partial charge in [0.2, 0.25) is 5.91 Å². The topological polar surface area (TPSA) is 20.3 Å². The minimum atomic E-state index is 0.203. The quantitative estimate of drug-likeness (QED) is 0.478. The van der Waals surface area contributed by atoms with Crippen molar-refractivity contribution in [2.45, 2.75) is 31.7 Å². The molecular formula is C9H13NO. The highest BCUT2D eigenvalue weighted by molar-refractivity contribution is 5.95. The van der Waals surface area contributed by atoms with Gasteiger partial charge in [-0.2, -0.15) is 0 Å². The second-order valence-corrected chi connectivity index (χ2v) is 3.46. The molecule has 0 unspecified atom stereocenters. The Bertz CT molecular complexity index is 210. The molecule has 0 spiro atoms. The number of hydrogen-bond donors (Lipinski definition) is 0. The van der Waals surface area contributed by atoms with E-state index in [0.717, 1.165) is 18.5 Å². The summed E-state index contributed by atoms with van der Waals surface area (Å²) in [7, 11) is 0. The summed E-state index contributed by atoms with van der Waals surface area (Å²) in [5.41, 5.74) is 0.817. The van der Waals surface area contributed by atoms with Crippen LogP contribution in [0.2, 0.25) is 0 Å². The Morgan fingerprint density at radius 2 is 2.27 bits per heavy atom. The monoisotopic (exact) mass is 151 g/mol. The molecule has 0 radical (unpaired) electrons. The summed E-state index contributed by atoms with van der Waals surface area (Å²) in [6.07, 6.45) is 4.56. The lowest BCUT2D eigenvalue weighted by Crippen LogP contribution is -2.37. The number of hydrogen-bond acceptors (Lipinski definition) is 1. The largest absolute Gasteiger partial charge is 0.336 e. The Labute approximate surface area is 66.9 Å². The average Bonchev–Trinajstić information content (AvgIpc) is 2.30. The molecule has 2 heteroatoms. The second kappa shape index (κ2) is 2.36. The van der Waals surface area contributed by atoms with Crippen LogP contribution in [0.25, 0.3) is 0 Å². The third kappa shape index (κ3) is 0.971. The van der Waals surface area contributed by atoms with E-state index in [0.29, 0.717) is 6.04 Å². The van der Waals surface area contributed by atoms with Gasteiger partial charge in [-0.15, -0.1) is 0 Å². The zero-order chi connectivity index (χ0) is 7.84. The highest BCUT2D eigenvalue weighted by Crippen LogP contribution is 2.29. The summed E-state index contributed by atoms with van der Waals surface area (Å²) < 4.78 is 0. The Morgan fingerprint density at radius 1 is 1.45 bits per heavy atom. The summed E-state index contributed by atoms with van der Waals surface area (Å²) in [4.78, 5) is 13.4. The van der Waals surface area contributed by atoms with E-state index < -0.39 is 0 Å². The van der Waals surface area contributed by atoms with Crippen LogP contribution < -0.4 is 0 Å². The summed E-state index contributed by atoms with van der Waals surface area (Å²) in [5, 5.41) is 0. The van der Waals surface area contributed by atoms with Crippen molar-refractivity contribution < 1.29 is 4.79 Å². The van der Waals surface area contributed by atoms with Gasteiger partial charge in [0.15, 0.2) is 0 Å². The van der Waals surface area contributed by atoms with Crippen molar-refractivity contribution in [3.63, 3.8) is 0 Å². The second-order valence-electron chi connectivity index (χ2n) is 3.46. The predicted molar refractivity (Wildman–Crippen MR) is 43.1 cm³/mol. The van der Waals surface area contributed by atoms with Crippen LogP contribution in [-0.2, 0) is 4.79 Å². The van der Waals surface area contributed by atoms with E-state index in [9.17, 15) is 4.79 Å². The molecule has 2 aliphatic heterocycles. The molecule has 2 fully saturated rings. The molecule has 0 saturated carbocycles. The van der Waals surface area contributed by atoms with Crippen molar-refractivity contribution in [3.05, 3.63) is 12.2 Å². The normalized spacial score (nSPS) is 30.9. The molecule has 1 amide bonds. The number of nitrogens with zero attached hydrogens (tertiary/aromatic N) is 1. The van der Waals surface area contributed by atoms with Crippen molar-refractivity contribution in [2.75, 3.05) is 6.54 Å². The van der Waals surface area contributed by atoms with Crippen molar-refractivity contribution in [1.82, 2.24) is 4.90 Å². The highest BCUT2D eigenvalue weighted by Gasteiger charge is 2.34. The van der Waals surface area contributed by atoms with Crippen LogP contribution in [0.4, 0.5) is 0 Å². The van der Waals surface area contributed by atoms with Crippen molar-refractivity contribution in [1.29, 1.82) is 0 Å². The van der Waals surface area contributed by atoms with Gasteiger partial charge >= 0.3 is 0 Å². The van der Waals surface area contributed by atoms with Crippen LogP contribution in [0, 0.1) is 0 Å². The van der Waals surface area contributed by atoms with E-state index in [-0.39, 0.29) is 5.91 Å². The van der Waals surface area contributed by atoms with Gasteiger partial charge in [-0.3, -0.25) is 4.79 Å². The number of amides is 1. The summed E-state index contributed by atoms with van der Waals surface area (Å²) in [6.45, 7) is 4.73. The first kappa shape index (κ1) is 6.89. The van der Waals surface area contributed by atoms with Crippen LogP contribution in [0.3, 0.4) is 0 Å². The van der Waals surface area contributed by atoms with Crippen LogP contribution in [0.5, 0.6) is 0 Å². The van der Waals surface area contributed by atoms with Crippen molar-refractivity contribution in [3.8, 4) is 0 Å². The first-order chi connectivity index (χ1) is 5.29. The molecule has 0 bridgehead atoms. The number of carbonyl (C=O) groups is 1. The maximum atomic E-state index is 11.4. The molecular weight excluding hydrogens is 138 g/mol. The molecule has 60 valence electrons. The molecule has 0 N–H and O–H groups in total. The van der Waals surface area contributed by atoms with E-state index in [2.05, 4.69) is 6.58 Å². The van der Waals surface area contributed by atoms with Gasteiger partial charge in [0.1, 0.15) is 0 Å². The molecule has 11 heavy (non-hydrogen) atoms. The molecule has 2 rings (SSSR count). The Balaban J connectivity index is 2.18. The van der Waals surface area contributed by atoms with Crippen LogP contribution in [0.1, 0.15) is 25.7 Å².